The number of benzene rings is 1. The van der Waals surface area contributed by atoms with Gasteiger partial charge in [-0.3, -0.25) is 4.79 Å². The van der Waals surface area contributed by atoms with Crippen LogP contribution >= 0.6 is 0 Å². The third-order valence-electron chi connectivity index (χ3n) is 3.12. The molecule has 0 aromatic heterocycles. The van der Waals surface area contributed by atoms with Crippen LogP contribution in [0.2, 0.25) is 0 Å². The lowest BCUT2D eigenvalue weighted by molar-refractivity contribution is -0.139. The maximum absolute atomic E-state index is 10.8. The van der Waals surface area contributed by atoms with E-state index in [0.29, 0.717) is 19.6 Å². The topological polar surface area (TPSA) is 58.6 Å². The van der Waals surface area contributed by atoms with Crippen LogP contribution in [0.1, 0.15) is 17.5 Å². The van der Waals surface area contributed by atoms with E-state index in [9.17, 15) is 4.79 Å². The molecule has 4 heteroatoms. The number of hydrogen-bond acceptors (Lipinski definition) is 3. The van der Waals surface area contributed by atoms with Crippen molar-refractivity contribution < 1.29 is 14.6 Å². The molecule has 1 fully saturated rings. The van der Waals surface area contributed by atoms with Crippen LogP contribution in [0.4, 0.5) is 0 Å². The predicted octanol–water partition coefficient (Wildman–Crippen LogP) is 1.33. The minimum Gasteiger partial charge on any atom is -0.480 e. The van der Waals surface area contributed by atoms with E-state index in [-0.39, 0.29) is 6.10 Å². The number of nitrogens with one attached hydrogen (secondary N) is 1. The smallest absolute Gasteiger partial charge is 0.320 e. The van der Waals surface area contributed by atoms with Crippen LogP contribution in [0.25, 0.3) is 0 Å². The van der Waals surface area contributed by atoms with E-state index in [2.05, 4.69) is 5.32 Å². The summed E-state index contributed by atoms with van der Waals surface area (Å²) < 4.78 is 5.72. The molecule has 2 rings (SSSR count). The number of ether oxygens (including phenoxy) is 1. The Balaban J connectivity index is 1.84. The first-order valence-corrected chi connectivity index (χ1v) is 5.79. The van der Waals surface area contributed by atoms with Crippen LogP contribution in [0.3, 0.4) is 0 Å². The minimum atomic E-state index is -0.799. The second-order valence-corrected chi connectivity index (χ2v) is 4.39. The van der Waals surface area contributed by atoms with E-state index in [1.165, 1.54) is 5.56 Å². The van der Waals surface area contributed by atoms with Crippen molar-refractivity contribution in [3.8, 4) is 0 Å². The Bertz CT molecular complexity index is 405. The second-order valence-electron chi connectivity index (χ2n) is 4.39. The van der Waals surface area contributed by atoms with Crippen molar-refractivity contribution in [2.45, 2.75) is 32.1 Å². The fourth-order valence-corrected chi connectivity index (χ4v) is 2.00. The SMILES string of the molecule is Cc1ccccc1CO[C@@H]1CN[C@H](C(=O)O)C1. The number of carboxylic acid groups (broad SMARTS) is 1. The molecule has 2 N–H and O–H groups in total. The summed E-state index contributed by atoms with van der Waals surface area (Å²) in [4.78, 5) is 10.8. The highest BCUT2D eigenvalue weighted by molar-refractivity contribution is 5.73. The molecule has 1 aliphatic rings. The van der Waals surface area contributed by atoms with Gasteiger partial charge in [0.25, 0.3) is 0 Å². The molecule has 0 radical (unpaired) electrons. The summed E-state index contributed by atoms with van der Waals surface area (Å²) in [6, 6.07) is 7.60. The highest BCUT2D eigenvalue weighted by Crippen LogP contribution is 2.15. The molecule has 4 nitrogen and oxygen atoms in total. The molecule has 0 unspecified atom stereocenters. The van der Waals surface area contributed by atoms with Crippen molar-refractivity contribution in [3.63, 3.8) is 0 Å². The Morgan fingerprint density at radius 2 is 2.29 bits per heavy atom. The molecule has 1 saturated heterocycles. The van der Waals surface area contributed by atoms with Crippen LogP contribution in [-0.2, 0) is 16.1 Å². The molecule has 1 aromatic carbocycles. The highest BCUT2D eigenvalue weighted by Gasteiger charge is 2.29. The molecule has 0 amide bonds. The summed E-state index contributed by atoms with van der Waals surface area (Å²) in [5.74, 6) is -0.799. The van der Waals surface area contributed by atoms with Crippen LogP contribution in [0, 0.1) is 6.92 Å². The summed E-state index contributed by atoms with van der Waals surface area (Å²) >= 11 is 0. The third-order valence-corrected chi connectivity index (χ3v) is 3.12. The van der Waals surface area contributed by atoms with Crippen molar-refractivity contribution in [2.75, 3.05) is 6.54 Å². The number of carboxylic acids is 1. The first kappa shape index (κ1) is 12.1. The van der Waals surface area contributed by atoms with Gasteiger partial charge in [0.05, 0.1) is 12.7 Å². The molecule has 17 heavy (non-hydrogen) atoms. The van der Waals surface area contributed by atoms with Crippen LogP contribution in [0.5, 0.6) is 0 Å². The summed E-state index contributed by atoms with van der Waals surface area (Å²) in [7, 11) is 0. The minimum absolute atomic E-state index is 0.00398. The molecule has 1 aliphatic heterocycles. The van der Waals surface area contributed by atoms with Crippen LogP contribution in [-0.4, -0.2) is 29.8 Å². The van der Waals surface area contributed by atoms with Gasteiger partial charge in [-0.2, -0.15) is 0 Å². The molecule has 1 heterocycles. The number of aryl methyl sites for hydroxylation is 1. The van der Waals surface area contributed by atoms with Gasteiger partial charge < -0.3 is 15.2 Å². The lowest BCUT2D eigenvalue weighted by Gasteiger charge is -2.12. The Labute approximate surface area is 101 Å². The Hall–Kier alpha value is -1.39. The molecular formula is C13H17NO3. The monoisotopic (exact) mass is 235 g/mol. The first-order valence-electron chi connectivity index (χ1n) is 5.79. The average Bonchev–Trinajstić information content (AvgIpc) is 2.77. The predicted molar refractivity (Wildman–Crippen MR) is 63.8 cm³/mol. The third kappa shape index (κ3) is 3.05. The average molecular weight is 235 g/mol. The number of carbonyl (C=O) groups is 1. The standard InChI is InChI=1S/C13H17NO3/c1-9-4-2-3-5-10(9)8-17-11-6-12(13(15)16)14-7-11/h2-5,11-12,14H,6-8H2,1H3,(H,15,16)/t11-,12-/m0/s1. The number of hydrogen-bond donors (Lipinski definition) is 2. The van der Waals surface area contributed by atoms with E-state index in [4.69, 9.17) is 9.84 Å². The first-order chi connectivity index (χ1) is 8.16. The molecule has 0 bridgehead atoms. The van der Waals surface area contributed by atoms with Gasteiger partial charge in [0.15, 0.2) is 0 Å². The molecule has 2 atom stereocenters. The van der Waals surface area contributed by atoms with Crippen molar-refractivity contribution in [3.05, 3.63) is 35.4 Å². The lowest BCUT2D eigenvalue weighted by Crippen LogP contribution is -2.29. The normalized spacial score (nSPS) is 23.8. The second kappa shape index (κ2) is 5.29. The molecule has 0 saturated carbocycles. The highest BCUT2D eigenvalue weighted by atomic mass is 16.5. The van der Waals surface area contributed by atoms with Gasteiger partial charge >= 0.3 is 5.97 Å². The van der Waals surface area contributed by atoms with E-state index >= 15 is 0 Å². The summed E-state index contributed by atoms with van der Waals surface area (Å²) in [5, 5.41) is 11.8. The Kier molecular flexibility index (Phi) is 3.76. The number of rotatable bonds is 4. The van der Waals surface area contributed by atoms with E-state index in [1.807, 2.05) is 31.2 Å². The van der Waals surface area contributed by atoms with Crippen LogP contribution in [0.15, 0.2) is 24.3 Å². The summed E-state index contributed by atoms with van der Waals surface area (Å²) in [6.45, 7) is 3.21. The zero-order valence-corrected chi connectivity index (χ0v) is 9.85. The fraction of sp³-hybridized carbons (Fsp3) is 0.462. The molecule has 92 valence electrons. The fourth-order valence-electron chi connectivity index (χ4n) is 2.00. The zero-order chi connectivity index (χ0) is 12.3. The largest absolute Gasteiger partial charge is 0.480 e. The summed E-state index contributed by atoms with van der Waals surface area (Å²) in [5.41, 5.74) is 2.36. The molecular weight excluding hydrogens is 218 g/mol. The maximum Gasteiger partial charge on any atom is 0.320 e. The Morgan fingerprint density at radius 3 is 2.94 bits per heavy atom. The van der Waals surface area contributed by atoms with E-state index in [0.717, 1.165) is 5.56 Å². The van der Waals surface area contributed by atoms with Crippen LogP contribution < -0.4 is 5.32 Å². The maximum atomic E-state index is 10.8. The van der Waals surface area contributed by atoms with E-state index in [1.54, 1.807) is 0 Å². The summed E-state index contributed by atoms with van der Waals surface area (Å²) in [6.07, 6.45) is 0.539. The number of aliphatic carboxylic acids is 1. The van der Waals surface area contributed by atoms with E-state index < -0.39 is 12.0 Å². The molecule has 1 aromatic rings. The van der Waals surface area contributed by atoms with Gasteiger partial charge in [0.2, 0.25) is 0 Å². The van der Waals surface area contributed by atoms with Gasteiger partial charge in [-0.25, -0.2) is 0 Å². The van der Waals surface area contributed by atoms with Gasteiger partial charge in [-0.05, 0) is 18.1 Å². The zero-order valence-electron chi connectivity index (χ0n) is 9.85. The molecule has 0 spiro atoms. The van der Waals surface area contributed by atoms with Crippen molar-refractivity contribution >= 4 is 5.97 Å². The van der Waals surface area contributed by atoms with Gasteiger partial charge in [-0.1, -0.05) is 24.3 Å². The van der Waals surface area contributed by atoms with Crippen molar-refractivity contribution in [2.24, 2.45) is 0 Å². The quantitative estimate of drug-likeness (QED) is 0.826. The van der Waals surface area contributed by atoms with Gasteiger partial charge in [0.1, 0.15) is 6.04 Å². The molecule has 0 aliphatic carbocycles. The lowest BCUT2D eigenvalue weighted by atomic mass is 10.1. The van der Waals surface area contributed by atoms with Crippen molar-refractivity contribution in [1.82, 2.24) is 5.32 Å². The van der Waals surface area contributed by atoms with Crippen molar-refractivity contribution in [1.29, 1.82) is 0 Å². The van der Waals surface area contributed by atoms with Gasteiger partial charge in [-0.15, -0.1) is 0 Å². The Morgan fingerprint density at radius 1 is 1.53 bits per heavy atom. The van der Waals surface area contributed by atoms with Gasteiger partial charge in [0, 0.05) is 13.0 Å².